The van der Waals surface area contributed by atoms with Crippen LogP contribution in [-0.2, 0) is 16.6 Å². The van der Waals surface area contributed by atoms with Crippen molar-refractivity contribution in [3.63, 3.8) is 0 Å². The van der Waals surface area contributed by atoms with E-state index in [1.54, 1.807) is 18.1 Å². The second kappa shape index (κ2) is 6.33. The third-order valence-electron chi connectivity index (χ3n) is 11.1. The molecular formula is C29H41NO4. The van der Waals surface area contributed by atoms with Crippen LogP contribution in [0.15, 0.2) is 12.1 Å². The van der Waals surface area contributed by atoms with Crippen LogP contribution in [0.1, 0.15) is 85.5 Å². The summed E-state index contributed by atoms with van der Waals surface area (Å²) in [6.45, 7) is 6.03. The molecule has 5 aliphatic carbocycles. The van der Waals surface area contributed by atoms with Gasteiger partial charge in [0, 0.05) is 50.2 Å². The van der Waals surface area contributed by atoms with Gasteiger partial charge in [0.1, 0.15) is 11.7 Å². The average Bonchev–Trinajstić information content (AvgIpc) is 3.09. The van der Waals surface area contributed by atoms with Gasteiger partial charge in [-0.2, -0.15) is 0 Å². The predicted molar refractivity (Wildman–Crippen MR) is 130 cm³/mol. The molecule has 8 rings (SSSR count). The van der Waals surface area contributed by atoms with E-state index in [2.05, 4.69) is 0 Å². The van der Waals surface area contributed by atoms with Gasteiger partial charge in [-0.05, 0) is 81.3 Å². The van der Waals surface area contributed by atoms with Crippen molar-refractivity contribution in [1.29, 1.82) is 0 Å². The van der Waals surface area contributed by atoms with Crippen molar-refractivity contribution < 1.29 is 27.9 Å². The summed E-state index contributed by atoms with van der Waals surface area (Å²) in [4.78, 5) is 1.77. The molecule has 4 saturated carbocycles. The van der Waals surface area contributed by atoms with Crippen LogP contribution in [0.4, 0.5) is 0 Å². The highest BCUT2D eigenvalue weighted by atomic mass is 16.6. The fraction of sp³-hybridized carbons (Fsp3) is 0.793. The summed E-state index contributed by atoms with van der Waals surface area (Å²) in [7, 11) is 1.69. The molecule has 0 aromatic heterocycles. The number of benzene rings is 1. The van der Waals surface area contributed by atoms with E-state index in [1.165, 1.54) is 0 Å². The molecule has 5 nitrogen and oxygen atoms in total. The SMILES string of the molecule is [2H]C([2H])(C1C([2H])([2H])C1([2H])[2H])N1CC[C@]23c4c5ccc(O)c4O[C@H]2[C@@]2(OC)CC[C@@]3(C[C@@H]2[C@](C)(O)C(C)(C)C)[C@H]1C5. The predicted octanol–water partition coefficient (Wildman–Crippen LogP) is 4.41. The summed E-state index contributed by atoms with van der Waals surface area (Å²) in [6.07, 6.45) is -2.09. The molecule has 2 spiro atoms. The maximum atomic E-state index is 12.3. The molecule has 186 valence electrons. The lowest BCUT2D eigenvalue weighted by molar-refractivity contribution is -0.312. The van der Waals surface area contributed by atoms with E-state index in [1.807, 2.05) is 33.8 Å². The number of likely N-dealkylation sites (tertiary alicyclic amines) is 1. The molecule has 5 fully saturated rings. The summed E-state index contributed by atoms with van der Waals surface area (Å²) in [5.74, 6) is -1.18. The second-order valence-electron chi connectivity index (χ2n) is 12.9. The Labute approximate surface area is 212 Å². The zero-order chi connectivity index (χ0) is 29.3. The zero-order valence-electron chi connectivity index (χ0n) is 26.9. The van der Waals surface area contributed by atoms with E-state index in [0.717, 1.165) is 11.1 Å². The number of aliphatic hydroxyl groups is 1. The molecule has 5 heteroatoms. The van der Waals surface area contributed by atoms with Crippen LogP contribution in [-0.4, -0.2) is 58.6 Å². The Morgan fingerprint density at radius 2 is 2.00 bits per heavy atom. The van der Waals surface area contributed by atoms with E-state index in [-0.39, 0.29) is 17.7 Å². The van der Waals surface area contributed by atoms with E-state index in [0.29, 0.717) is 44.4 Å². The summed E-state index contributed by atoms with van der Waals surface area (Å²) < 4.78 is 64.9. The maximum absolute atomic E-state index is 12.3. The Kier molecular flexibility index (Phi) is 3.06. The van der Waals surface area contributed by atoms with Gasteiger partial charge in [-0.15, -0.1) is 0 Å². The lowest BCUT2D eigenvalue weighted by Crippen LogP contribution is -2.83. The van der Waals surface area contributed by atoms with Crippen LogP contribution in [0.2, 0.25) is 0 Å². The minimum atomic E-state index is -2.25. The Hall–Kier alpha value is -1.30. The molecule has 0 radical (unpaired) electrons. The summed E-state index contributed by atoms with van der Waals surface area (Å²) in [5.41, 5.74) is -1.60. The van der Waals surface area contributed by atoms with Gasteiger partial charge in [-0.3, -0.25) is 4.90 Å². The Morgan fingerprint density at radius 1 is 1.24 bits per heavy atom. The van der Waals surface area contributed by atoms with Crippen molar-refractivity contribution in [2.24, 2.45) is 22.7 Å². The monoisotopic (exact) mass is 473 g/mol. The number of piperidine rings is 1. The first-order valence-corrected chi connectivity index (χ1v) is 12.9. The Balaban J connectivity index is 1.46. The number of nitrogens with zero attached hydrogens (tertiary/aromatic N) is 1. The summed E-state index contributed by atoms with van der Waals surface area (Å²) in [5, 5.41) is 23.3. The van der Waals surface area contributed by atoms with Crippen molar-refractivity contribution >= 4 is 0 Å². The lowest BCUT2D eigenvalue weighted by Gasteiger charge is -2.75. The number of methoxy groups -OCH3 is 1. The molecule has 7 aliphatic rings. The molecular weight excluding hydrogens is 426 g/mol. The minimum Gasteiger partial charge on any atom is -0.504 e. The molecule has 4 bridgehead atoms. The van der Waals surface area contributed by atoms with Crippen molar-refractivity contribution in [2.45, 2.75) is 101 Å². The van der Waals surface area contributed by atoms with Crippen LogP contribution in [0.5, 0.6) is 11.5 Å². The molecule has 34 heavy (non-hydrogen) atoms. The van der Waals surface area contributed by atoms with E-state index < -0.39 is 58.7 Å². The smallest absolute Gasteiger partial charge is 0.165 e. The van der Waals surface area contributed by atoms with E-state index in [9.17, 15) is 13.0 Å². The highest BCUT2D eigenvalue weighted by Gasteiger charge is 2.82. The molecule has 1 aromatic rings. The standard InChI is InChI=1S/C29H41NO4/c1-25(2,3)26(4,32)20-15-27-10-11-29(20,33-5)24-28(27)12-13-30(16-17-6-7-17)21(27)14-18-8-9-19(31)23(34-24)22(18)28/h8-9,17,20-21,24,31-32H,6-7,10-16H2,1-5H3/t20-,21-,24-,26+,27-,28+,29-/m1/s1/i6D2,7D2,16D2. The number of phenols is 1. The minimum absolute atomic E-state index is 0.0815. The number of rotatable bonds is 4. The quantitative estimate of drug-likeness (QED) is 0.678. The zero-order valence-corrected chi connectivity index (χ0v) is 20.9. The van der Waals surface area contributed by atoms with Crippen molar-refractivity contribution in [3.05, 3.63) is 23.3 Å². The Bertz CT molecular complexity index is 1300. The molecule has 2 aliphatic heterocycles. The van der Waals surface area contributed by atoms with Crippen LogP contribution in [0.3, 0.4) is 0 Å². The number of fused-ring (bicyclic) bond motifs is 2. The van der Waals surface area contributed by atoms with Gasteiger partial charge in [-0.1, -0.05) is 26.8 Å². The number of aromatic hydroxyl groups is 1. The molecule has 7 atom stereocenters. The summed E-state index contributed by atoms with van der Waals surface area (Å²) in [6, 6.07) is 3.18. The fourth-order valence-corrected chi connectivity index (χ4v) is 9.06. The molecule has 0 amide bonds. The first kappa shape index (κ1) is 16.4. The van der Waals surface area contributed by atoms with Crippen LogP contribution in [0.25, 0.3) is 0 Å². The summed E-state index contributed by atoms with van der Waals surface area (Å²) >= 11 is 0. The fourth-order valence-electron chi connectivity index (χ4n) is 9.06. The van der Waals surface area contributed by atoms with Gasteiger partial charge in [-0.25, -0.2) is 0 Å². The maximum Gasteiger partial charge on any atom is 0.165 e. The van der Waals surface area contributed by atoms with Crippen molar-refractivity contribution in [2.75, 3.05) is 20.2 Å². The van der Waals surface area contributed by atoms with Crippen LogP contribution < -0.4 is 4.74 Å². The number of ether oxygens (including phenoxy) is 2. The van der Waals surface area contributed by atoms with Crippen molar-refractivity contribution in [1.82, 2.24) is 4.90 Å². The first-order valence-electron chi connectivity index (χ1n) is 15.9. The lowest BCUT2D eigenvalue weighted by atomic mass is 9.33. The largest absolute Gasteiger partial charge is 0.504 e. The van der Waals surface area contributed by atoms with Gasteiger partial charge in [0.2, 0.25) is 0 Å². The molecule has 0 unspecified atom stereocenters. The Morgan fingerprint density at radius 3 is 2.68 bits per heavy atom. The van der Waals surface area contributed by atoms with Crippen LogP contribution in [0, 0.1) is 22.7 Å². The topological polar surface area (TPSA) is 62.2 Å². The molecule has 2 heterocycles. The van der Waals surface area contributed by atoms with Gasteiger partial charge in [0.05, 0.1) is 5.60 Å². The van der Waals surface area contributed by atoms with E-state index in [4.69, 9.17) is 15.0 Å². The second-order valence-corrected chi connectivity index (χ2v) is 12.9. The third kappa shape index (κ3) is 2.25. The van der Waals surface area contributed by atoms with Crippen molar-refractivity contribution in [3.8, 4) is 11.5 Å². The highest BCUT2D eigenvalue weighted by Crippen LogP contribution is 2.78. The normalized spacial score (nSPS) is 49.9. The van der Waals surface area contributed by atoms with Gasteiger partial charge in [0.15, 0.2) is 11.5 Å². The number of hydrogen-bond acceptors (Lipinski definition) is 5. The van der Waals surface area contributed by atoms with E-state index >= 15 is 0 Å². The molecule has 1 aromatic carbocycles. The van der Waals surface area contributed by atoms with Gasteiger partial charge < -0.3 is 19.7 Å². The highest BCUT2D eigenvalue weighted by molar-refractivity contribution is 5.63. The number of phenolic OH excluding ortho intramolecular Hbond substituents is 1. The first-order chi connectivity index (χ1) is 18.3. The number of hydrogen-bond donors (Lipinski definition) is 2. The molecule has 2 N–H and O–H groups in total. The third-order valence-corrected chi connectivity index (χ3v) is 11.1. The molecule has 1 saturated heterocycles. The van der Waals surface area contributed by atoms with Crippen LogP contribution >= 0.6 is 0 Å². The van der Waals surface area contributed by atoms with Gasteiger partial charge >= 0.3 is 0 Å². The van der Waals surface area contributed by atoms with Gasteiger partial charge in [0.25, 0.3) is 0 Å². The average molecular weight is 474 g/mol.